The number of alkyl halides is 3. The highest BCUT2D eigenvalue weighted by atomic mass is 32.2. The third-order valence-electron chi connectivity index (χ3n) is 7.40. The van der Waals surface area contributed by atoms with E-state index in [1.807, 2.05) is 0 Å². The molecule has 1 aromatic heterocycles. The van der Waals surface area contributed by atoms with E-state index in [-0.39, 0.29) is 58.2 Å². The van der Waals surface area contributed by atoms with Gasteiger partial charge in [-0.3, -0.25) is 15.0 Å². The maximum atomic E-state index is 12.7. The van der Waals surface area contributed by atoms with Crippen LogP contribution in [0, 0.1) is 16.0 Å². The standard InChI is InChI=1S/C24H31F3N6O5S/c1-39(36,37)18-10-11-32(14-18)17-8-6-15(7-9-17)12-19-21(33(34)35)22(28)31-23(30-19)29-13-16-4-2-3-5-20(16)38-24(25,26)27/h2-5,15,17-18H,6-14H2,1H3,(H3,28,29,30,31)/t15-,17-,18?. The summed E-state index contributed by atoms with van der Waals surface area (Å²) in [4.78, 5) is 21.6. The molecule has 3 N–H and O–H groups in total. The molecule has 39 heavy (non-hydrogen) atoms. The Bertz CT molecular complexity index is 1300. The minimum absolute atomic E-state index is 0.0347. The lowest BCUT2D eigenvalue weighted by Crippen LogP contribution is -2.38. The second kappa shape index (κ2) is 11.5. The summed E-state index contributed by atoms with van der Waals surface area (Å²) in [6.07, 6.45) is 0.607. The fraction of sp³-hybridized carbons (Fsp3) is 0.583. The summed E-state index contributed by atoms with van der Waals surface area (Å²) in [5.74, 6) is -0.640. The lowest BCUT2D eigenvalue weighted by molar-refractivity contribution is -0.385. The molecule has 1 atom stereocenters. The molecule has 0 radical (unpaired) electrons. The molecule has 214 valence electrons. The molecule has 1 saturated carbocycles. The monoisotopic (exact) mass is 572 g/mol. The average Bonchev–Trinajstić information content (AvgIpc) is 3.34. The highest BCUT2D eigenvalue weighted by molar-refractivity contribution is 7.91. The van der Waals surface area contributed by atoms with Gasteiger partial charge in [-0.05, 0) is 57.1 Å². The van der Waals surface area contributed by atoms with E-state index in [0.717, 1.165) is 32.2 Å². The van der Waals surface area contributed by atoms with Crippen molar-refractivity contribution in [2.75, 3.05) is 30.4 Å². The molecule has 1 aliphatic heterocycles. The van der Waals surface area contributed by atoms with E-state index in [9.17, 15) is 31.7 Å². The van der Waals surface area contributed by atoms with Crippen molar-refractivity contribution in [2.45, 2.75) is 62.7 Å². The SMILES string of the molecule is CS(=O)(=O)C1CCN([C@H]2CC[C@H](Cc3nc(NCc4ccccc4OC(F)(F)F)nc(N)c3[N+](=O)[O-])CC2)C1. The average molecular weight is 573 g/mol. The molecule has 4 rings (SSSR count). The van der Waals surface area contributed by atoms with Crippen LogP contribution >= 0.6 is 0 Å². The molecular weight excluding hydrogens is 541 g/mol. The second-order valence-corrected chi connectivity index (χ2v) is 12.4. The normalized spacial score (nSPS) is 22.5. The smallest absolute Gasteiger partial charge is 0.405 e. The third-order valence-corrected chi connectivity index (χ3v) is 8.99. The lowest BCUT2D eigenvalue weighted by Gasteiger charge is -2.34. The molecule has 2 heterocycles. The first-order valence-corrected chi connectivity index (χ1v) is 14.6. The number of rotatable bonds is 9. The maximum absolute atomic E-state index is 12.7. The summed E-state index contributed by atoms with van der Waals surface area (Å²) < 4.78 is 66.1. The Morgan fingerprint density at radius 1 is 1.18 bits per heavy atom. The molecule has 2 fully saturated rings. The number of nitrogen functional groups attached to an aromatic ring is 1. The predicted molar refractivity (Wildman–Crippen MR) is 138 cm³/mol. The molecule has 0 bridgehead atoms. The van der Waals surface area contributed by atoms with E-state index in [4.69, 9.17) is 5.73 Å². The minimum atomic E-state index is -4.86. The number of benzene rings is 1. The van der Waals surface area contributed by atoms with Crippen LogP contribution in [0.5, 0.6) is 5.75 Å². The topological polar surface area (TPSA) is 154 Å². The van der Waals surface area contributed by atoms with Gasteiger partial charge >= 0.3 is 12.0 Å². The number of para-hydroxylation sites is 1. The van der Waals surface area contributed by atoms with Gasteiger partial charge in [0.05, 0.1) is 10.2 Å². The number of halogens is 3. The van der Waals surface area contributed by atoms with Crippen molar-refractivity contribution in [3.63, 3.8) is 0 Å². The number of nitrogens with one attached hydrogen (secondary N) is 1. The molecule has 1 aliphatic carbocycles. The summed E-state index contributed by atoms with van der Waals surface area (Å²) in [5, 5.41) is 14.2. The number of sulfone groups is 1. The Morgan fingerprint density at radius 3 is 2.49 bits per heavy atom. The molecule has 2 aliphatic rings. The minimum Gasteiger partial charge on any atom is -0.405 e. The molecule has 1 aromatic carbocycles. The molecule has 0 spiro atoms. The van der Waals surface area contributed by atoms with Crippen LogP contribution in [0.1, 0.15) is 43.4 Å². The second-order valence-electron chi connectivity index (χ2n) is 10.1. The van der Waals surface area contributed by atoms with E-state index in [1.165, 1.54) is 24.5 Å². The van der Waals surface area contributed by atoms with Crippen molar-refractivity contribution in [2.24, 2.45) is 5.92 Å². The fourth-order valence-corrected chi connectivity index (χ4v) is 6.41. The Labute approximate surface area is 224 Å². The van der Waals surface area contributed by atoms with Crippen LogP contribution in [-0.4, -0.2) is 65.2 Å². The molecular formula is C24H31F3N6O5S. The molecule has 1 unspecified atom stereocenters. The van der Waals surface area contributed by atoms with E-state index in [1.54, 1.807) is 6.07 Å². The van der Waals surface area contributed by atoms with Crippen molar-refractivity contribution < 1.29 is 31.2 Å². The summed E-state index contributed by atoms with van der Waals surface area (Å²) in [5.41, 5.74) is 5.88. The molecule has 1 saturated heterocycles. The highest BCUT2D eigenvalue weighted by Gasteiger charge is 2.36. The van der Waals surface area contributed by atoms with E-state index < -0.39 is 21.1 Å². The molecule has 0 amide bonds. The summed E-state index contributed by atoms with van der Waals surface area (Å²) in [6.45, 7) is 1.15. The van der Waals surface area contributed by atoms with Crippen LogP contribution in [0.15, 0.2) is 24.3 Å². The highest BCUT2D eigenvalue weighted by Crippen LogP contribution is 2.35. The zero-order valence-electron chi connectivity index (χ0n) is 21.4. The number of nitrogens with zero attached hydrogens (tertiary/aromatic N) is 4. The Morgan fingerprint density at radius 2 is 1.87 bits per heavy atom. The van der Waals surface area contributed by atoms with Crippen molar-refractivity contribution in [1.82, 2.24) is 14.9 Å². The predicted octanol–water partition coefficient (Wildman–Crippen LogP) is 3.70. The summed E-state index contributed by atoms with van der Waals surface area (Å²) in [6, 6.07) is 5.86. The number of ether oxygens (including phenoxy) is 1. The van der Waals surface area contributed by atoms with Crippen molar-refractivity contribution in [3.8, 4) is 5.75 Å². The van der Waals surface area contributed by atoms with Gasteiger partial charge in [-0.1, -0.05) is 18.2 Å². The number of likely N-dealkylation sites (tertiary alicyclic amines) is 1. The van der Waals surface area contributed by atoms with E-state index in [0.29, 0.717) is 19.4 Å². The van der Waals surface area contributed by atoms with Crippen LogP contribution in [0.2, 0.25) is 0 Å². The summed E-state index contributed by atoms with van der Waals surface area (Å²) in [7, 11) is -3.07. The van der Waals surface area contributed by atoms with Gasteiger partial charge < -0.3 is 15.8 Å². The van der Waals surface area contributed by atoms with Gasteiger partial charge in [-0.15, -0.1) is 13.2 Å². The quantitative estimate of drug-likeness (QED) is 0.336. The van der Waals surface area contributed by atoms with Crippen molar-refractivity contribution in [3.05, 3.63) is 45.6 Å². The number of hydrogen-bond acceptors (Lipinski definition) is 10. The van der Waals surface area contributed by atoms with Crippen molar-refractivity contribution in [1.29, 1.82) is 0 Å². The van der Waals surface area contributed by atoms with Crippen LogP contribution in [0.3, 0.4) is 0 Å². The lowest BCUT2D eigenvalue weighted by atomic mass is 9.82. The van der Waals surface area contributed by atoms with Gasteiger partial charge in [0.2, 0.25) is 11.8 Å². The molecule has 2 aromatic rings. The first-order valence-electron chi connectivity index (χ1n) is 12.6. The zero-order valence-corrected chi connectivity index (χ0v) is 22.2. The number of nitrogens with two attached hydrogens (primary N) is 1. The number of nitro groups is 1. The third kappa shape index (κ3) is 7.47. The molecule has 11 nitrogen and oxygen atoms in total. The van der Waals surface area contributed by atoms with Crippen molar-refractivity contribution >= 4 is 27.3 Å². The van der Waals surface area contributed by atoms with Gasteiger partial charge in [0.1, 0.15) is 11.4 Å². The Kier molecular flexibility index (Phi) is 8.49. The van der Waals surface area contributed by atoms with E-state index in [2.05, 4.69) is 24.9 Å². The number of anilines is 2. The number of aromatic nitrogens is 2. The largest absolute Gasteiger partial charge is 0.573 e. The summed E-state index contributed by atoms with van der Waals surface area (Å²) >= 11 is 0. The molecule has 15 heteroatoms. The zero-order chi connectivity index (χ0) is 28.4. The first-order chi connectivity index (χ1) is 18.3. The maximum Gasteiger partial charge on any atom is 0.573 e. The van der Waals surface area contributed by atoms with Crippen LogP contribution in [0.4, 0.5) is 30.6 Å². The fourth-order valence-electron chi connectivity index (χ4n) is 5.41. The van der Waals surface area contributed by atoms with Gasteiger partial charge in [-0.2, -0.15) is 4.98 Å². The van der Waals surface area contributed by atoms with Gasteiger partial charge in [0.25, 0.3) is 0 Å². The number of hydrogen-bond donors (Lipinski definition) is 2. The van der Waals surface area contributed by atoms with Crippen LogP contribution in [-0.2, 0) is 22.8 Å². The van der Waals surface area contributed by atoms with Gasteiger partial charge in [0, 0.05) is 31.0 Å². The van der Waals surface area contributed by atoms with Gasteiger partial charge in [0.15, 0.2) is 9.84 Å². The van der Waals surface area contributed by atoms with Gasteiger partial charge in [-0.25, -0.2) is 13.4 Å². The first kappa shape index (κ1) is 28.8. The van der Waals surface area contributed by atoms with Crippen LogP contribution < -0.4 is 15.8 Å². The van der Waals surface area contributed by atoms with Crippen LogP contribution in [0.25, 0.3) is 0 Å². The Hall–Kier alpha value is -3.20. The Balaban J connectivity index is 1.42. The van der Waals surface area contributed by atoms with E-state index >= 15 is 0 Å².